The molecule has 0 heterocycles. The van der Waals surface area contributed by atoms with Crippen LogP contribution in [0.1, 0.15) is 38.8 Å². The maximum atomic E-state index is 12.9. The van der Waals surface area contributed by atoms with Gasteiger partial charge in [0, 0.05) is 42.6 Å². The van der Waals surface area contributed by atoms with Crippen molar-refractivity contribution in [3.63, 3.8) is 0 Å². The number of non-ortho nitro benzene ring substituents is 1. The van der Waals surface area contributed by atoms with E-state index in [2.05, 4.69) is 14.8 Å². The normalized spacial score (nSPS) is 12.7. The van der Waals surface area contributed by atoms with Gasteiger partial charge in [0.05, 0.1) is 21.6 Å². The molecule has 0 bridgehead atoms. The zero-order chi connectivity index (χ0) is 37.0. The molecular formula is C33H37N5O11S2. The molecule has 3 aromatic rings. The average molecular weight is 744 g/mol. The third kappa shape index (κ3) is 8.91. The Morgan fingerprint density at radius 1 is 0.745 bits per heavy atom. The number of nitrogens with zero attached hydrogens (tertiary/aromatic N) is 4. The first kappa shape index (κ1) is 40.2. The molecule has 0 fully saturated rings. The summed E-state index contributed by atoms with van der Waals surface area (Å²) in [6.07, 6.45) is 7.12. The summed E-state index contributed by atoms with van der Waals surface area (Å²) >= 11 is 0. The Labute approximate surface area is 294 Å². The molecule has 0 unspecified atom stereocenters. The highest BCUT2D eigenvalue weighted by molar-refractivity contribution is 7.86. The lowest BCUT2D eigenvalue weighted by Gasteiger charge is -2.23. The predicted octanol–water partition coefficient (Wildman–Crippen LogP) is 5.83. The van der Waals surface area contributed by atoms with E-state index in [0.717, 1.165) is 29.6 Å². The van der Waals surface area contributed by atoms with Crippen molar-refractivity contribution in [2.45, 2.75) is 37.5 Å². The fourth-order valence-electron chi connectivity index (χ4n) is 5.65. The molecule has 4 rings (SSSR count). The zero-order valence-electron chi connectivity index (χ0n) is 28.0. The van der Waals surface area contributed by atoms with Crippen LogP contribution in [0.4, 0.5) is 28.4 Å². The van der Waals surface area contributed by atoms with Crippen LogP contribution in [-0.4, -0.2) is 77.7 Å². The zero-order valence-corrected chi connectivity index (χ0v) is 29.7. The van der Waals surface area contributed by atoms with Crippen molar-refractivity contribution in [1.82, 2.24) is 0 Å². The van der Waals surface area contributed by atoms with Gasteiger partial charge in [0.1, 0.15) is 28.6 Å². The first-order valence-corrected chi connectivity index (χ1v) is 18.3. The van der Waals surface area contributed by atoms with E-state index in [1.807, 2.05) is 52.0 Å². The van der Waals surface area contributed by atoms with Crippen molar-refractivity contribution in [2.24, 2.45) is 0 Å². The molecule has 0 saturated carbocycles. The van der Waals surface area contributed by atoms with Gasteiger partial charge in [-0.2, -0.15) is 16.8 Å². The van der Waals surface area contributed by atoms with Gasteiger partial charge in [-0.25, -0.2) is 4.58 Å². The lowest BCUT2D eigenvalue weighted by Crippen LogP contribution is -2.21. The Bertz CT molecular complexity index is 2170. The molecule has 0 aliphatic heterocycles. The van der Waals surface area contributed by atoms with Crippen molar-refractivity contribution in [1.29, 1.82) is 0 Å². The molecule has 1 aliphatic rings. The van der Waals surface area contributed by atoms with E-state index in [1.165, 1.54) is 0 Å². The molecule has 0 amide bonds. The van der Waals surface area contributed by atoms with Gasteiger partial charge in [-0.3, -0.25) is 29.3 Å². The number of nitro groups is 2. The SMILES string of the molecule is CCN(CC)c1ccc(C(=C2C=CC(=[N+](CC)CC)C=C2)c2cc(Nc3ccc([N+](=O)[O-])cc3[N+](=O)[O-])c(S(=O)(=O)O)cc2S(=O)(=O)O)cc1.[OH-]. The quantitative estimate of drug-likeness (QED) is 0.0808. The van der Waals surface area contributed by atoms with Gasteiger partial charge in [0.2, 0.25) is 0 Å². The first-order chi connectivity index (χ1) is 23.5. The van der Waals surface area contributed by atoms with Crippen molar-refractivity contribution in [3.8, 4) is 0 Å². The highest BCUT2D eigenvalue weighted by Crippen LogP contribution is 2.41. The monoisotopic (exact) mass is 743 g/mol. The van der Waals surface area contributed by atoms with Crippen LogP contribution in [-0.2, 0) is 20.2 Å². The van der Waals surface area contributed by atoms with Crippen LogP contribution >= 0.6 is 0 Å². The second-order valence-electron chi connectivity index (χ2n) is 10.9. The van der Waals surface area contributed by atoms with Gasteiger partial charge >= 0.3 is 0 Å². The number of hydrogen-bond donors (Lipinski definition) is 3. The molecule has 0 spiro atoms. The summed E-state index contributed by atoms with van der Waals surface area (Å²) in [4.78, 5) is 21.6. The Balaban J connectivity index is 0.00000702. The number of rotatable bonds is 13. The lowest BCUT2D eigenvalue weighted by atomic mass is 9.90. The Morgan fingerprint density at radius 3 is 1.78 bits per heavy atom. The van der Waals surface area contributed by atoms with Crippen LogP contribution in [0.2, 0.25) is 0 Å². The molecule has 1 aliphatic carbocycles. The lowest BCUT2D eigenvalue weighted by molar-refractivity contribution is -0.519. The summed E-state index contributed by atoms with van der Waals surface area (Å²) in [6, 6.07) is 11.3. The molecule has 3 aromatic carbocycles. The summed E-state index contributed by atoms with van der Waals surface area (Å²) in [6.45, 7) is 10.8. The first-order valence-electron chi connectivity index (χ1n) is 15.4. The Hall–Kier alpha value is -5.27. The maximum absolute atomic E-state index is 12.9. The van der Waals surface area contributed by atoms with E-state index < -0.39 is 62.6 Å². The molecule has 0 aromatic heterocycles. The number of anilines is 3. The second-order valence-corrected chi connectivity index (χ2v) is 13.7. The van der Waals surface area contributed by atoms with Crippen molar-refractivity contribution in [2.75, 3.05) is 36.4 Å². The Morgan fingerprint density at radius 2 is 1.31 bits per heavy atom. The van der Waals surface area contributed by atoms with E-state index in [0.29, 0.717) is 49.4 Å². The van der Waals surface area contributed by atoms with Gasteiger partial charge in [0.15, 0.2) is 5.71 Å². The summed E-state index contributed by atoms with van der Waals surface area (Å²) in [5.74, 6) is 0. The average Bonchev–Trinajstić information content (AvgIpc) is 3.06. The minimum atomic E-state index is -5.24. The Kier molecular flexibility index (Phi) is 12.7. The van der Waals surface area contributed by atoms with Crippen LogP contribution in [0.5, 0.6) is 0 Å². The largest absolute Gasteiger partial charge is 0.870 e. The standard InChI is InChI=1S/C33H35N5O10S2.H2O/c1-5-35(6-2)24-13-9-22(10-14-24)33(23-11-15-25(16-12-23)36(7-3)8-4)27-20-29(32(50(46,47)48)21-31(27)49(43,44)45)34-28-18-17-26(37(39)40)19-30(28)38(41)42;/h9-21,34H,5-8H2,1-4H3,(H-,43,44,45,46,47,48);1H2. The molecule has 0 atom stereocenters. The third-order valence-electron chi connectivity index (χ3n) is 8.13. The van der Waals surface area contributed by atoms with Gasteiger partial charge in [0.25, 0.3) is 31.6 Å². The minimum absolute atomic E-state index is 0. The minimum Gasteiger partial charge on any atom is -0.870 e. The van der Waals surface area contributed by atoms with Crippen LogP contribution in [0.25, 0.3) is 5.57 Å². The van der Waals surface area contributed by atoms with Crippen LogP contribution in [0.15, 0.2) is 94.3 Å². The topological polar surface area (TPSA) is 243 Å². The molecule has 18 heteroatoms. The van der Waals surface area contributed by atoms with Gasteiger partial charge in [-0.05, 0) is 86.9 Å². The fourth-order valence-corrected chi connectivity index (χ4v) is 7.08. The third-order valence-corrected chi connectivity index (χ3v) is 9.92. The van der Waals surface area contributed by atoms with E-state index in [4.69, 9.17) is 0 Å². The number of allylic oxidation sites excluding steroid dienone is 5. The number of benzene rings is 3. The van der Waals surface area contributed by atoms with Gasteiger partial charge < -0.3 is 15.7 Å². The maximum Gasteiger partial charge on any atom is 0.299 e. The number of nitrogens with one attached hydrogen (secondary N) is 1. The van der Waals surface area contributed by atoms with Crippen LogP contribution in [0, 0.1) is 20.2 Å². The van der Waals surface area contributed by atoms with Gasteiger partial charge in [-0.15, -0.1) is 0 Å². The van der Waals surface area contributed by atoms with Crippen molar-refractivity contribution >= 4 is 60.0 Å². The number of nitro benzene ring substituents is 2. The van der Waals surface area contributed by atoms with Crippen molar-refractivity contribution < 1.29 is 45.8 Å². The molecular weight excluding hydrogens is 707 g/mol. The fraction of sp³-hybridized carbons (Fsp3) is 0.242. The van der Waals surface area contributed by atoms with E-state index in [1.54, 1.807) is 24.3 Å². The summed E-state index contributed by atoms with van der Waals surface area (Å²) in [7, 11) is -10.4. The van der Waals surface area contributed by atoms with E-state index >= 15 is 0 Å². The number of hydrogen-bond acceptors (Lipinski definition) is 11. The van der Waals surface area contributed by atoms with Crippen LogP contribution < -0.4 is 10.2 Å². The van der Waals surface area contributed by atoms with E-state index in [9.17, 15) is 46.2 Å². The van der Waals surface area contributed by atoms with Crippen LogP contribution in [0.3, 0.4) is 0 Å². The molecule has 272 valence electrons. The van der Waals surface area contributed by atoms with Crippen molar-refractivity contribution in [3.05, 3.63) is 116 Å². The highest BCUT2D eigenvalue weighted by Gasteiger charge is 2.29. The predicted molar refractivity (Wildman–Crippen MR) is 192 cm³/mol. The molecule has 0 radical (unpaired) electrons. The molecule has 51 heavy (non-hydrogen) atoms. The summed E-state index contributed by atoms with van der Waals surface area (Å²) in [5.41, 5.74) is 0.381. The highest BCUT2D eigenvalue weighted by atomic mass is 32.2. The van der Waals surface area contributed by atoms with Gasteiger partial charge in [-0.1, -0.05) is 12.1 Å². The summed E-state index contributed by atoms with van der Waals surface area (Å²) < 4.78 is 73.8. The smallest absolute Gasteiger partial charge is 0.299 e. The molecule has 16 nitrogen and oxygen atoms in total. The van der Waals surface area contributed by atoms with E-state index in [-0.39, 0.29) is 16.6 Å². The second kappa shape index (κ2) is 16.2. The molecule has 4 N–H and O–H groups in total. The molecule has 0 saturated heterocycles. The summed E-state index contributed by atoms with van der Waals surface area (Å²) in [5, 5.41) is 25.7.